The van der Waals surface area contributed by atoms with Crippen molar-refractivity contribution in [2.24, 2.45) is 0 Å². The Morgan fingerprint density at radius 2 is 2.21 bits per heavy atom. The normalized spacial score (nSPS) is 9.71. The zero-order chi connectivity index (χ0) is 9.97. The molecular formula is C9H5BrN4. The Kier molecular flexibility index (Phi) is 2.29. The van der Waals surface area contributed by atoms with Gasteiger partial charge in [0.15, 0.2) is 0 Å². The van der Waals surface area contributed by atoms with Gasteiger partial charge in [-0.3, -0.25) is 4.98 Å². The van der Waals surface area contributed by atoms with Crippen molar-refractivity contribution in [1.29, 1.82) is 5.26 Å². The highest BCUT2D eigenvalue weighted by Crippen LogP contribution is 2.12. The zero-order valence-corrected chi connectivity index (χ0v) is 8.64. The lowest BCUT2D eigenvalue weighted by Gasteiger charge is -1.99. The molecule has 0 atom stereocenters. The van der Waals surface area contributed by atoms with Crippen molar-refractivity contribution in [2.75, 3.05) is 0 Å². The molecular weight excluding hydrogens is 244 g/mol. The fourth-order valence-electron chi connectivity index (χ4n) is 1.06. The lowest BCUT2D eigenvalue weighted by molar-refractivity contribution is 0.873. The molecule has 0 spiro atoms. The van der Waals surface area contributed by atoms with Crippen LogP contribution in [0, 0.1) is 11.3 Å². The highest BCUT2D eigenvalue weighted by molar-refractivity contribution is 9.10. The number of nitrogens with zero attached hydrogens (tertiary/aromatic N) is 4. The standard InChI is InChI=1S/C9H5BrN4/c10-8-4-13-14(6-8)9-1-7(2-11)3-12-5-9/h1,3-6H. The topological polar surface area (TPSA) is 54.5 Å². The minimum absolute atomic E-state index is 0.522. The monoisotopic (exact) mass is 248 g/mol. The molecule has 0 aliphatic rings. The minimum atomic E-state index is 0.522. The molecule has 68 valence electrons. The predicted octanol–water partition coefficient (Wildman–Crippen LogP) is 1.90. The lowest BCUT2D eigenvalue weighted by Crippen LogP contribution is -1.95. The van der Waals surface area contributed by atoms with Crippen molar-refractivity contribution in [1.82, 2.24) is 14.8 Å². The van der Waals surface area contributed by atoms with Gasteiger partial charge in [-0.2, -0.15) is 10.4 Å². The van der Waals surface area contributed by atoms with Gasteiger partial charge in [0.1, 0.15) is 6.07 Å². The predicted molar refractivity (Wildman–Crippen MR) is 53.8 cm³/mol. The van der Waals surface area contributed by atoms with E-state index in [-0.39, 0.29) is 0 Å². The third-order valence-electron chi connectivity index (χ3n) is 1.67. The summed E-state index contributed by atoms with van der Waals surface area (Å²) in [6.07, 6.45) is 6.65. The van der Waals surface area contributed by atoms with Crippen LogP contribution in [0.5, 0.6) is 0 Å². The van der Waals surface area contributed by atoms with E-state index in [1.54, 1.807) is 29.3 Å². The SMILES string of the molecule is N#Cc1cncc(-n2cc(Br)cn2)c1. The summed E-state index contributed by atoms with van der Waals surface area (Å²) in [7, 11) is 0. The maximum atomic E-state index is 8.69. The molecule has 0 amide bonds. The average Bonchev–Trinajstić information content (AvgIpc) is 2.65. The molecule has 4 nitrogen and oxygen atoms in total. The second-order valence-electron chi connectivity index (χ2n) is 2.65. The van der Waals surface area contributed by atoms with Gasteiger partial charge in [-0.05, 0) is 22.0 Å². The van der Waals surface area contributed by atoms with Gasteiger partial charge in [0.05, 0.1) is 28.1 Å². The molecule has 14 heavy (non-hydrogen) atoms. The summed E-state index contributed by atoms with van der Waals surface area (Å²) in [4.78, 5) is 3.94. The molecule has 2 aromatic rings. The van der Waals surface area contributed by atoms with Gasteiger partial charge in [-0.15, -0.1) is 0 Å². The van der Waals surface area contributed by atoms with Crippen LogP contribution in [0.2, 0.25) is 0 Å². The van der Waals surface area contributed by atoms with Gasteiger partial charge < -0.3 is 0 Å². The fraction of sp³-hybridized carbons (Fsp3) is 0. The largest absolute Gasteiger partial charge is 0.261 e. The van der Waals surface area contributed by atoms with Crippen molar-refractivity contribution in [3.8, 4) is 11.8 Å². The molecule has 5 heteroatoms. The van der Waals surface area contributed by atoms with Gasteiger partial charge >= 0.3 is 0 Å². The van der Waals surface area contributed by atoms with Crippen LogP contribution in [0.1, 0.15) is 5.56 Å². The highest BCUT2D eigenvalue weighted by Gasteiger charge is 2.00. The third kappa shape index (κ3) is 1.65. The van der Waals surface area contributed by atoms with Crippen LogP contribution in [0.4, 0.5) is 0 Å². The van der Waals surface area contributed by atoms with Gasteiger partial charge in [0.25, 0.3) is 0 Å². The van der Waals surface area contributed by atoms with E-state index in [9.17, 15) is 0 Å². The molecule has 0 saturated heterocycles. The van der Waals surface area contributed by atoms with Crippen molar-refractivity contribution < 1.29 is 0 Å². The molecule has 0 fully saturated rings. The Morgan fingerprint density at radius 1 is 1.36 bits per heavy atom. The van der Waals surface area contributed by atoms with Crippen molar-refractivity contribution in [3.63, 3.8) is 0 Å². The maximum Gasteiger partial charge on any atom is 0.101 e. The molecule has 0 aromatic carbocycles. The Hall–Kier alpha value is -1.67. The maximum absolute atomic E-state index is 8.69. The molecule has 2 heterocycles. The first-order valence-electron chi connectivity index (χ1n) is 3.85. The lowest BCUT2D eigenvalue weighted by atomic mass is 10.3. The Balaban J connectivity index is 2.47. The molecule has 0 bridgehead atoms. The van der Waals surface area contributed by atoms with Crippen LogP contribution >= 0.6 is 15.9 Å². The molecule has 2 aromatic heterocycles. The summed E-state index contributed by atoms with van der Waals surface area (Å²) in [5, 5.41) is 12.8. The van der Waals surface area contributed by atoms with Crippen LogP contribution in [0.3, 0.4) is 0 Å². The van der Waals surface area contributed by atoms with E-state index in [0.717, 1.165) is 10.2 Å². The fourth-order valence-corrected chi connectivity index (χ4v) is 1.34. The molecule has 0 aliphatic heterocycles. The van der Waals surface area contributed by atoms with E-state index in [0.29, 0.717) is 5.56 Å². The van der Waals surface area contributed by atoms with Crippen molar-refractivity contribution >= 4 is 15.9 Å². The quantitative estimate of drug-likeness (QED) is 0.775. The van der Waals surface area contributed by atoms with Crippen molar-refractivity contribution in [2.45, 2.75) is 0 Å². The van der Waals surface area contributed by atoms with E-state index in [1.165, 1.54) is 6.20 Å². The molecule has 2 rings (SSSR count). The molecule has 0 N–H and O–H groups in total. The zero-order valence-electron chi connectivity index (χ0n) is 7.05. The van der Waals surface area contributed by atoms with Gasteiger partial charge in [0, 0.05) is 12.4 Å². The smallest absolute Gasteiger partial charge is 0.101 e. The minimum Gasteiger partial charge on any atom is -0.261 e. The summed E-state index contributed by atoms with van der Waals surface area (Å²) in [6.45, 7) is 0. The van der Waals surface area contributed by atoms with Crippen LogP contribution in [0.15, 0.2) is 35.3 Å². The number of hydrogen-bond donors (Lipinski definition) is 0. The van der Waals surface area contributed by atoms with E-state index in [2.05, 4.69) is 26.0 Å². The first-order valence-corrected chi connectivity index (χ1v) is 4.64. The first-order chi connectivity index (χ1) is 6.79. The van der Waals surface area contributed by atoms with Crippen molar-refractivity contribution in [3.05, 3.63) is 40.9 Å². The summed E-state index contributed by atoms with van der Waals surface area (Å²) in [6, 6.07) is 3.76. The molecule has 0 radical (unpaired) electrons. The second kappa shape index (κ2) is 3.60. The van der Waals surface area contributed by atoms with Crippen LogP contribution in [0.25, 0.3) is 5.69 Å². The Labute approximate surface area is 88.9 Å². The molecule has 0 unspecified atom stereocenters. The number of aromatic nitrogens is 3. The average molecular weight is 249 g/mol. The first kappa shape index (κ1) is 8.91. The number of hydrogen-bond acceptors (Lipinski definition) is 3. The third-order valence-corrected chi connectivity index (χ3v) is 2.08. The summed E-state index contributed by atoms with van der Waals surface area (Å²) >= 11 is 3.30. The second-order valence-corrected chi connectivity index (χ2v) is 3.56. The highest BCUT2D eigenvalue weighted by atomic mass is 79.9. The van der Waals surface area contributed by atoms with Crippen LogP contribution in [-0.4, -0.2) is 14.8 Å². The van der Waals surface area contributed by atoms with E-state index in [4.69, 9.17) is 5.26 Å². The number of pyridine rings is 1. The number of rotatable bonds is 1. The molecule has 0 saturated carbocycles. The number of halogens is 1. The van der Waals surface area contributed by atoms with E-state index >= 15 is 0 Å². The van der Waals surface area contributed by atoms with Gasteiger partial charge in [-0.1, -0.05) is 0 Å². The molecule has 0 aliphatic carbocycles. The Bertz CT molecular complexity index is 498. The summed E-state index contributed by atoms with van der Waals surface area (Å²) < 4.78 is 2.54. The van der Waals surface area contributed by atoms with E-state index in [1.807, 2.05) is 6.07 Å². The van der Waals surface area contributed by atoms with Gasteiger partial charge in [-0.25, -0.2) is 4.68 Å². The summed E-state index contributed by atoms with van der Waals surface area (Å²) in [5.41, 5.74) is 1.30. The van der Waals surface area contributed by atoms with Crippen LogP contribution in [-0.2, 0) is 0 Å². The number of nitriles is 1. The van der Waals surface area contributed by atoms with Crippen LogP contribution < -0.4 is 0 Å². The summed E-state index contributed by atoms with van der Waals surface area (Å²) in [5.74, 6) is 0. The van der Waals surface area contributed by atoms with E-state index < -0.39 is 0 Å². The Morgan fingerprint density at radius 3 is 2.86 bits per heavy atom. The van der Waals surface area contributed by atoms with Gasteiger partial charge in [0.2, 0.25) is 0 Å².